The van der Waals surface area contributed by atoms with Crippen molar-refractivity contribution in [1.29, 1.82) is 0 Å². The summed E-state index contributed by atoms with van der Waals surface area (Å²) < 4.78 is 0. The third kappa shape index (κ3) is 3.53. The smallest absolute Gasteiger partial charge is 0.242 e. The summed E-state index contributed by atoms with van der Waals surface area (Å²) in [6, 6.07) is 23.1. The minimum absolute atomic E-state index is 0.221. The first-order valence-electron chi connectivity index (χ1n) is 11.8. The Bertz CT molecular complexity index is 1060. The van der Waals surface area contributed by atoms with Gasteiger partial charge in [0, 0.05) is 24.6 Å². The molecule has 164 valence electrons. The van der Waals surface area contributed by atoms with E-state index in [1.165, 1.54) is 5.56 Å². The first-order valence-corrected chi connectivity index (χ1v) is 11.8. The van der Waals surface area contributed by atoms with Crippen molar-refractivity contribution >= 4 is 11.6 Å². The molecular formula is C28H31N3O. The average Bonchev–Trinajstić information content (AvgIpc) is 3.12. The zero-order valence-electron chi connectivity index (χ0n) is 18.8. The fourth-order valence-electron chi connectivity index (χ4n) is 5.68. The predicted molar refractivity (Wildman–Crippen MR) is 129 cm³/mol. The van der Waals surface area contributed by atoms with E-state index in [0.29, 0.717) is 12.5 Å². The molecule has 0 aliphatic carbocycles. The number of pyridine rings is 1. The maximum absolute atomic E-state index is 13.9. The van der Waals surface area contributed by atoms with Gasteiger partial charge in [-0.3, -0.25) is 9.78 Å². The molecule has 3 heterocycles. The second-order valence-corrected chi connectivity index (χ2v) is 8.98. The molecule has 4 nitrogen and oxygen atoms in total. The molecule has 5 rings (SSSR count). The summed E-state index contributed by atoms with van der Waals surface area (Å²) in [7, 11) is 0. The number of carbonyl (C=O) groups excluding carboxylic acids is 1. The molecule has 1 fully saturated rings. The van der Waals surface area contributed by atoms with E-state index in [1.54, 1.807) is 0 Å². The number of piperidine rings is 1. The molecule has 1 saturated heterocycles. The maximum Gasteiger partial charge on any atom is 0.242 e. The van der Waals surface area contributed by atoms with Crippen molar-refractivity contribution in [2.24, 2.45) is 0 Å². The molecule has 2 aliphatic heterocycles. The van der Waals surface area contributed by atoms with Gasteiger partial charge in [-0.05, 0) is 86.6 Å². The van der Waals surface area contributed by atoms with Crippen molar-refractivity contribution in [2.45, 2.75) is 37.5 Å². The third-order valence-corrected chi connectivity index (χ3v) is 7.42. The minimum atomic E-state index is -0.601. The second kappa shape index (κ2) is 8.87. The van der Waals surface area contributed by atoms with Gasteiger partial charge < -0.3 is 9.80 Å². The van der Waals surface area contributed by atoms with Crippen LogP contribution in [-0.4, -0.2) is 42.0 Å². The molecule has 1 unspecified atom stereocenters. The number of likely N-dealkylation sites (tertiary alicyclic amines) is 1. The minimum Gasteiger partial charge on any atom is -0.311 e. The van der Waals surface area contributed by atoms with Crippen LogP contribution < -0.4 is 4.90 Å². The highest BCUT2D eigenvalue weighted by Crippen LogP contribution is 2.48. The summed E-state index contributed by atoms with van der Waals surface area (Å²) in [5.74, 6) is 0.834. The number of benzene rings is 2. The second-order valence-electron chi connectivity index (χ2n) is 8.98. The summed E-state index contributed by atoms with van der Waals surface area (Å²) in [5.41, 5.74) is 4.14. The maximum atomic E-state index is 13.9. The number of amides is 1. The summed E-state index contributed by atoms with van der Waals surface area (Å²) in [6.07, 6.45) is 6.92. The Morgan fingerprint density at radius 3 is 2.34 bits per heavy atom. The fourth-order valence-corrected chi connectivity index (χ4v) is 5.68. The van der Waals surface area contributed by atoms with Gasteiger partial charge in [0.25, 0.3) is 0 Å². The van der Waals surface area contributed by atoms with Gasteiger partial charge in [0.1, 0.15) is 5.41 Å². The van der Waals surface area contributed by atoms with Crippen LogP contribution in [0.4, 0.5) is 5.69 Å². The van der Waals surface area contributed by atoms with Crippen LogP contribution in [0.3, 0.4) is 0 Å². The van der Waals surface area contributed by atoms with Crippen molar-refractivity contribution in [2.75, 3.05) is 31.1 Å². The lowest BCUT2D eigenvalue weighted by Crippen LogP contribution is -2.44. The molecule has 0 saturated carbocycles. The van der Waals surface area contributed by atoms with E-state index in [4.69, 9.17) is 0 Å². The monoisotopic (exact) mass is 425 g/mol. The molecule has 0 bridgehead atoms. The number of aromatic nitrogens is 1. The first kappa shape index (κ1) is 20.9. The number of likely N-dealkylation sites (N-methyl/N-ethyl adjacent to an activating group) is 1. The number of anilines is 1. The standard InChI is InChI=1S/C28H31N3O/c1-2-31-26-11-7-6-10-25(26)28(27(31)32,24-8-4-3-5-9-24)16-21-30-19-14-23(15-20-30)22-12-17-29-18-13-22/h3-13,17-18,23H,2,14-16,19-21H2,1H3. The van der Waals surface area contributed by atoms with E-state index in [9.17, 15) is 4.79 Å². The van der Waals surface area contributed by atoms with Crippen LogP contribution in [0, 0.1) is 0 Å². The number of carbonyl (C=O) groups is 1. The van der Waals surface area contributed by atoms with E-state index >= 15 is 0 Å². The zero-order chi connectivity index (χ0) is 22.0. The summed E-state index contributed by atoms with van der Waals surface area (Å²) in [6.45, 7) is 5.84. The molecule has 4 heteroatoms. The van der Waals surface area contributed by atoms with Crippen LogP contribution in [0.1, 0.15) is 48.8 Å². The quantitative estimate of drug-likeness (QED) is 0.557. The zero-order valence-corrected chi connectivity index (χ0v) is 18.8. The lowest BCUT2D eigenvalue weighted by atomic mass is 9.72. The Morgan fingerprint density at radius 2 is 1.62 bits per heavy atom. The van der Waals surface area contributed by atoms with Gasteiger partial charge in [-0.25, -0.2) is 0 Å². The van der Waals surface area contributed by atoms with Gasteiger partial charge in [-0.1, -0.05) is 48.5 Å². The SMILES string of the molecule is CCN1C(=O)C(CCN2CCC(c3ccncc3)CC2)(c2ccccc2)c2ccccc21. The Balaban J connectivity index is 1.39. The fraction of sp³-hybridized carbons (Fsp3) is 0.357. The molecule has 0 spiro atoms. The number of nitrogens with zero attached hydrogens (tertiary/aromatic N) is 3. The molecule has 2 aliphatic rings. The van der Waals surface area contributed by atoms with Crippen LogP contribution in [0.5, 0.6) is 0 Å². The number of fused-ring (bicyclic) bond motifs is 1. The molecule has 0 N–H and O–H groups in total. The van der Waals surface area contributed by atoms with Gasteiger partial charge in [0.2, 0.25) is 5.91 Å². The first-order chi connectivity index (χ1) is 15.7. The largest absolute Gasteiger partial charge is 0.311 e. The van der Waals surface area contributed by atoms with E-state index in [2.05, 4.69) is 71.4 Å². The number of para-hydroxylation sites is 1. The summed E-state index contributed by atoms with van der Waals surface area (Å²) >= 11 is 0. The van der Waals surface area contributed by atoms with E-state index in [1.807, 2.05) is 29.4 Å². The number of hydrogen-bond acceptors (Lipinski definition) is 3. The molecule has 1 aromatic heterocycles. The summed E-state index contributed by atoms with van der Waals surface area (Å²) in [5, 5.41) is 0. The van der Waals surface area contributed by atoms with Gasteiger partial charge in [0.05, 0.1) is 0 Å². The van der Waals surface area contributed by atoms with E-state index < -0.39 is 5.41 Å². The van der Waals surface area contributed by atoms with Crippen LogP contribution in [-0.2, 0) is 10.2 Å². The Morgan fingerprint density at radius 1 is 0.938 bits per heavy atom. The van der Waals surface area contributed by atoms with Crippen molar-refractivity contribution in [3.05, 3.63) is 95.8 Å². The number of hydrogen-bond donors (Lipinski definition) is 0. The van der Waals surface area contributed by atoms with Crippen LogP contribution in [0.25, 0.3) is 0 Å². The molecule has 0 radical (unpaired) electrons. The molecule has 1 amide bonds. The Labute approximate surface area is 190 Å². The molecule has 3 aromatic rings. The van der Waals surface area contributed by atoms with Gasteiger partial charge in [-0.15, -0.1) is 0 Å². The molecular weight excluding hydrogens is 394 g/mol. The lowest BCUT2D eigenvalue weighted by molar-refractivity contribution is -0.122. The predicted octanol–water partition coefficient (Wildman–Crippen LogP) is 5.00. The Hall–Kier alpha value is -2.98. The van der Waals surface area contributed by atoms with E-state index in [0.717, 1.165) is 55.7 Å². The highest BCUT2D eigenvalue weighted by molar-refractivity contribution is 6.10. The molecule has 32 heavy (non-hydrogen) atoms. The highest BCUT2D eigenvalue weighted by atomic mass is 16.2. The van der Waals surface area contributed by atoms with Crippen LogP contribution >= 0.6 is 0 Å². The van der Waals surface area contributed by atoms with Crippen LogP contribution in [0.2, 0.25) is 0 Å². The Kier molecular flexibility index (Phi) is 5.79. The topological polar surface area (TPSA) is 36.4 Å². The average molecular weight is 426 g/mol. The van der Waals surface area contributed by atoms with Gasteiger partial charge >= 0.3 is 0 Å². The summed E-state index contributed by atoms with van der Waals surface area (Å²) in [4.78, 5) is 22.6. The van der Waals surface area contributed by atoms with Crippen molar-refractivity contribution in [3.8, 4) is 0 Å². The number of rotatable bonds is 6. The van der Waals surface area contributed by atoms with Gasteiger partial charge in [-0.2, -0.15) is 0 Å². The van der Waals surface area contributed by atoms with Crippen molar-refractivity contribution in [1.82, 2.24) is 9.88 Å². The highest BCUT2D eigenvalue weighted by Gasteiger charge is 2.51. The molecule has 1 atom stereocenters. The van der Waals surface area contributed by atoms with Crippen molar-refractivity contribution < 1.29 is 4.79 Å². The molecule has 2 aromatic carbocycles. The van der Waals surface area contributed by atoms with Crippen molar-refractivity contribution in [3.63, 3.8) is 0 Å². The van der Waals surface area contributed by atoms with E-state index in [-0.39, 0.29) is 5.91 Å². The van der Waals surface area contributed by atoms with Crippen LogP contribution in [0.15, 0.2) is 79.1 Å². The third-order valence-electron chi connectivity index (χ3n) is 7.42. The van der Waals surface area contributed by atoms with Gasteiger partial charge in [0.15, 0.2) is 0 Å². The normalized spacial score (nSPS) is 21.7. The lowest BCUT2D eigenvalue weighted by Gasteiger charge is -2.36.